The summed E-state index contributed by atoms with van der Waals surface area (Å²) in [5.41, 5.74) is 4.50. The van der Waals surface area contributed by atoms with Crippen LogP contribution in [0.5, 0.6) is 0 Å². The first-order chi connectivity index (χ1) is 23.0. The summed E-state index contributed by atoms with van der Waals surface area (Å²) in [5.74, 6) is -0.124. The normalized spacial score (nSPS) is 22.4. The zero-order valence-corrected chi connectivity index (χ0v) is 27.8. The molecule has 0 fully saturated rings. The van der Waals surface area contributed by atoms with Crippen molar-refractivity contribution in [2.45, 2.75) is 69.3 Å². The number of cyclic esters (lactones) is 1. The van der Waals surface area contributed by atoms with Gasteiger partial charge in [-0.2, -0.15) is 11.8 Å². The molecule has 3 aromatic rings. The summed E-state index contributed by atoms with van der Waals surface area (Å²) in [4.78, 5) is 42.8. The highest BCUT2D eigenvalue weighted by Gasteiger charge is 2.33. The number of carbonyl (C=O) groups is 3. The number of benzene rings is 3. The highest BCUT2D eigenvalue weighted by atomic mass is 32.2. The van der Waals surface area contributed by atoms with E-state index in [0.717, 1.165) is 35.3 Å². The van der Waals surface area contributed by atoms with Crippen LogP contribution in [-0.4, -0.2) is 58.8 Å². The van der Waals surface area contributed by atoms with E-state index < -0.39 is 12.0 Å². The first-order valence-electron chi connectivity index (χ1n) is 16.7. The average molecular weight is 655 g/mol. The average Bonchev–Trinajstić information content (AvgIpc) is 3.10. The van der Waals surface area contributed by atoms with Gasteiger partial charge in [0.1, 0.15) is 6.61 Å². The Hall–Kier alpha value is -3.88. The van der Waals surface area contributed by atoms with Gasteiger partial charge >= 0.3 is 5.97 Å². The van der Waals surface area contributed by atoms with Crippen LogP contribution in [0, 0.1) is 11.8 Å². The molecule has 2 heterocycles. The smallest absolute Gasteiger partial charge is 0.309 e. The number of hydrogen-bond donors (Lipinski definition) is 2. The molecule has 0 radical (unpaired) electrons. The molecule has 7 nitrogen and oxygen atoms in total. The number of fused-ring (bicyclic) bond motifs is 1. The van der Waals surface area contributed by atoms with Crippen molar-refractivity contribution in [2.24, 2.45) is 11.8 Å². The summed E-state index contributed by atoms with van der Waals surface area (Å²) in [6.07, 6.45) is 8.04. The van der Waals surface area contributed by atoms with Gasteiger partial charge in [-0.3, -0.25) is 14.4 Å². The molecule has 3 aromatic carbocycles. The van der Waals surface area contributed by atoms with E-state index in [1.54, 1.807) is 16.7 Å². The Balaban J connectivity index is 1.30. The van der Waals surface area contributed by atoms with E-state index in [1.165, 1.54) is 5.56 Å². The third-order valence-corrected chi connectivity index (χ3v) is 10.2. The highest BCUT2D eigenvalue weighted by Crippen LogP contribution is 2.26. The minimum atomic E-state index is -0.582. The van der Waals surface area contributed by atoms with E-state index in [1.807, 2.05) is 78.9 Å². The van der Waals surface area contributed by atoms with Crippen molar-refractivity contribution in [1.29, 1.82) is 0 Å². The molecule has 5 rings (SSSR count). The molecule has 47 heavy (non-hydrogen) atoms. The monoisotopic (exact) mass is 654 g/mol. The molecule has 2 aliphatic rings. The largest absolute Gasteiger partial charge is 0.463 e. The third kappa shape index (κ3) is 10.3. The number of hydrogen-bond acceptors (Lipinski definition) is 6. The number of amides is 2. The Morgan fingerprint density at radius 1 is 0.894 bits per heavy atom. The van der Waals surface area contributed by atoms with Crippen LogP contribution in [0.25, 0.3) is 0 Å². The van der Waals surface area contributed by atoms with Crippen molar-refractivity contribution in [2.75, 3.05) is 19.0 Å². The van der Waals surface area contributed by atoms with Crippen LogP contribution in [0.2, 0.25) is 0 Å². The van der Waals surface area contributed by atoms with Gasteiger partial charge in [0.2, 0.25) is 11.8 Å². The molecule has 2 amide bonds. The summed E-state index contributed by atoms with van der Waals surface area (Å²) in [6, 6.07) is 27.4. The summed E-state index contributed by atoms with van der Waals surface area (Å²) in [7, 11) is 0. The molecule has 4 atom stereocenters. The molecule has 0 aliphatic carbocycles. The zero-order chi connectivity index (χ0) is 32.8. The van der Waals surface area contributed by atoms with Crippen LogP contribution >= 0.6 is 11.8 Å². The maximum atomic E-state index is 13.9. The van der Waals surface area contributed by atoms with Crippen molar-refractivity contribution in [3.63, 3.8) is 0 Å². The van der Waals surface area contributed by atoms with Gasteiger partial charge in [-0.25, -0.2) is 0 Å². The van der Waals surface area contributed by atoms with Gasteiger partial charge in [-0.15, -0.1) is 0 Å². The molecule has 2 aliphatic heterocycles. The van der Waals surface area contributed by atoms with Crippen molar-refractivity contribution in [1.82, 2.24) is 10.2 Å². The summed E-state index contributed by atoms with van der Waals surface area (Å²) >= 11 is 1.68. The van der Waals surface area contributed by atoms with Gasteiger partial charge in [-0.05, 0) is 60.8 Å². The van der Waals surface area contributed by atoms with E-state index in [2.05, 4.69) is 23.5 Å². The van der Waals surface area contributed by atoms with Crippen LogP contribution in [0.3, 0.4) is 0 Å². The second-order valence-corrected chi connectivity index (χ2v) is 13.6. The lowest BCUT2D eigenvalue weighted by molar-refractivity contribution is -0.150. The maximum Gasteiger partial charge on any atom is 0.309 e. The van der Waals surface area contributed by atoms with Gasteiger partial charge < -0.3 is 20.1 Å². The molecular formula is C39H46N2O5S. The highest BCUT2D eigenvalue weighted by molar-refractivity contribution is 7.98. The van der Waals surface area contributed by atoms with Crippen LogP contribution in [0.15, 0.2) is 97.1 Å². The first-order valence-corrected chi connectivity index (χ1v) is 17.9. The van der Waals surface area contributed by atoms with Crippen LogP contribution in [0.1, 0.15) is 54.4 Å². The standard InChI is InChI=1S/C39H46N2O5S/c42-25-36-22-31-17-11-12-20-34(31)24-41(36)37(43)23-32-18-9-1-2-10-19-33(21-29-13-5-3-6-14-29)39(45)46-26-35(40-38(32)44)28-47-27-30-15-7-4-8-16-30/h1,3-9,11-17,20,32-33,35-36,42H,2,10,18-19,21-28H2,(H,40,44). The molecule has 0 bridgehead atoms. The van der Waals surface area contributed by atoms with E-state index in [9.17, 15) is 19.5 Å². The number of ether oxygens (including phenoxy) is 1. The summed E-state index contributed by atoms with van der Waals surface area (Å²) in [5, 5.41) is 13.3. The predicted octanol–water partition coefficient (Wildman–Crippen LogP) is 5.89. The van der Waals surface area contributed by atoms with Crippen LogP contribution in [0.4, 0.5) is 0 Å². The van der Waals surface area contributed by atoms with Gasteiger partial charge in [0, 0.05) is 24.5 Å². The van der Waals surface area contributed by atoms with Crippen LogP contribution in [-0.2, 0) is 44.3 Å². The van der Waals surface area contributed by atoms with E-state index in [0.29, 0.717) is 38.0 Å². The number of aliphatic hydroxyl groups is 1. The minimum Gasteiger partial charge on any atom is -0.463 e. The molecule has 0 saturated carbocycles. The molecule has 0 aromatic heterocycles. The van der Waals surface area contributed by atoms with E-state index in [4.69, 9.17) is 4.74 Å². The molecule has 0 saturated heterocycles. The minimum absolute atomic E-state index is 0.0393. The molecule has 248 valence electrons. The third-order valence-electron chi connectivity index (χ3n) is 9.05. The fourth-order valence-electron chi connectivity index (χ4n) is 6.36. The molecule has 8 heteroatoms. The van der Waals surface area contributed by atoms with Gasteiger partial charge in [0.15, 0.2) is 0 Å². The lowest BCUT2D eigenvalue weighted by atomic mass is 9.92. The maximum absolute atomic E-state index is 13.9. The second-order valence-electron chi connectivity index (χ2n) is 12.6. The lowest BCUT2D eigenvalue weighted by Gasteiger charge is -2.36. The number of esters is 1. The lowest BCUT2D eigenvalue weighted by Crippen LogP contribution is -2.48. The van der Waals surface area contributed by atoms with Crippen molar-refractivity contribution < 1.29 is 24.2 Å². The van der Waals surface area contributed by atoms with Crippen molar-refractivity contribution >= 4 is 29.5 Å². The number of thioether (sulfide) groups is 1. The fourth-order valence-corrected chi connectivity index (χ4v) is 7.37. The second kappa shape index (κ2) is 17.9. The molecular weight excluding hydrogens is 609 g/mol. The number of aliphatic hydroxyl groups excluding tert-OH is 1. The topological polar surface area (TPSA) is 95.9 Å². The quantitative estimate of drug-likeness (QED) is 0.221. The Morgan fingerprint density at radius 3 is 2.34 bits per heavy atom. The Labute approximate surface area is 282 Å². The van der Waals surface area contributed by atoms with E-state index in [-0.39, 0.29) is 49.4 Å². The van der Waals surface area contributed by atoms with Crippen molar-refractivity contribution in [3.05, 3.63) is 119 Å². The Morgan fingerprint density at radius 2 is 1.60 bits per heavy atom. The Bertz CT molecular complexity index is 1480. The fraction of sp³-hybridized carbons (Fsp3) is 0.410. The number of rotatable bonds is 9. The number of nitrogens with one attached hydrogen (secondary N) is 1. The number of allylic oxidation sites excluding steroid dienone is 2. The number of nitrogens with zero attached hydrogens (tertiary/aromatic N) is 1. The molecule has 4 unspecified atom stereocenters. The Kier molecular flexibility index (Phi) is 13.1. The molecule has 2 N–H and O–H groups in total. The first kappa shape index (κ1) is 34.5. The SMILES string of the molecule is O=C1NC(CSCc2ccccc2)COC(=O)C(Cc2ccccc2)CCCC=CCC1CC(=O)N1Cc2ccccc2CC1CO. The predicted molar refractivity (Wildman–Crippen MR) is 186 cm³/mol. The molecule has 0 spiro atoms. The van der Waals surface area contributed by atoms with Gasteiger partial charge in [0.25, 0.3) is 0 Å². The van der Waals surface area contributed by atoms with Gasteiger partial charge in [0.05, 0.1) is 30.5 Å². The van der Waals surface area contributed by atoms with Crippen molar-refractivity contribution in [3.8, 4) is 0 Å². The van der Waals surface area contributed by atoms with Gasteiger partial charge in [-0.1, -0.05) is 97.1 Å². The van der Waals surface area contributed by atoms with E-state index >= 15 is 0 Å². The number of carbonyl (C=O) groups excluding carboxylic acids is 3. The summed E-state index contributed by atoms with van der Waals surface area (Å²) < 4.78 is 5.92. The summed E-state index contributed by atoms with van der Waals surface area (Å²) in [6.45, 7) is 0.362. The zero-order valence-electron chi connectivity index (χ0n) is 27.0. The van der Waals surface area contributed by atoms with Crippen LogP contribution < -0.4 is 5.32 Å².